The monoisotopic (exact) mass is 488 g/mol. The van der Waals surface area contributed by atoms with Gasteiger partial charge in [0, 0.05) is 23.4 Å². The van der Waals surface area contributed by atoms with Gasteiger partial charge in [-0.25, -0.2) is 9.50 Å². The number of rotatable bonds is 7. The van der Waals surface area contributed by atoms with Crippen molar-refractivity contribution in [3.8, 4) is 22.8 Å². The number of thiazole rings is 1. The van der Waals surface area contributed by atoms with Gasteiger partial charge in [0.25, 0.3) is 17.4 Å². The van der Waals surface area contributed by atoms with E-state index in [1.54, 1.807) is 18.7 Å². The van der Waals surface area contributed by atoms with E-state index >= 15 is 0 Å². The zero-order valence-electron chi connectivity index (χ0n) is 18.8. The number of carbonyl (C=O) groups excluding carboxylic acids is 1. The number of nitrogens with zero attached hydrogens (tertiary/aromatic N) is 4. The standard InChI is InChI=1S/C24H20N6O4S/c1-33-16-7-3-14(4-8-16)11-20-25-18(12-21(31)26-20)22(32)27-23-28-24-30(29-23)19(13-35-24)15-5-9-17(34-2)10-6-15/h3-10,12-13H,11H2,1-2H3,(H,25,26,31)(H,27,29,32). The SMILES string of the molecule is COc1ccc(Cc2nc(C(=O)Nc3nc4scc(-c5ccc(OC)cc5)n4n3)cc(=O)[nH]2)cc1. The van der Waals surface area contributed by atoms with Crippen molar-refractivity contribution in [2.24, 2.45) is 0 Å². The number of anilines is 1. The lowest BCUT2D eigenvalue weighted by Crippen LogP contribution is -2.21. The largest absolute Gasteiger partial charge is 0.497 e. The second-order valence-electron chi connectivity index (χ2n) is 7.54. The molecule has 35 heavy (non-hydrogen) atoms. The second kappa shape index (κ2) is 9.39. The van der Waals surface area contributed by atoms with Crippen LogP contribution in [0, 0.1) is 0 Å². The predicted octanol–water partition coefficient (Wildman–Crippen LogP) is 3.40. The number of aromatic amines is 1. The number of hydrogen-bond acceptors (Lipinski definition) is 8. The lowest BCUT2D eigenvalue weighted by Gasteiger charge is -2.05. The number of amides is 1. The maximum Gasteiger partial charge on any atom is 0.276 e. The van der Waals surface area contributed by atoms with E-state index in [0.29, 0.717) is 17.2 Å². The van der Waals surface area contributed by atoms with Crippen molar-refractivity contribution in [2.45, 2.75) is 6.42 Å². The normalized spacial score (nSPS) is 10.9. The van der Waals surface area contributed by atoms with Crippen LogP contribution in [0.3, 0.4) is 0 Å². The molecule has 0 radical (unpaired) electrons. The van der Waals surface area contributed by atoms with E-state index in [4.69, 9.17) is 9.47 Å². The van der Waals surface area contributed by atoms with E-state index in [1.165, 1.54) is 11.3 Å². The Balaban J connectivity index is 1.35. The molecule has 0 aliphatic heterocycles. The molecule has 2 N–H and O–H groups in total. The first-order valence-electron chi connectivity index (χ1n) is 10.6. The van der Waals surface area contributed by atoms with E-state index in [1.807, 2.05) is 53.9 Å². The van der Waals surface area contributed by atoms with Crippen LogP contribution in [0.25, 0.3) is 16.2 Å². The molecule has 0 bridgehead atoms. The summed E-state index contributed by atoms with van der Waals surface area (Å²) >= 11 is 1.40. The number of benzene rings is 2. The Kier molecular flexibility index (Phi) is 5.98. The van der Waals surface area contributed by atoms with Crippen molar-refractivity contribution in [1.82, 2.24) is 24.6 Å². The Morgan fingerprint density at radius 3 is 2.40 bits per heavy atom. The number of carbonyl (C=O) groups is 1. The van der Waals surface area contributed by atoms with Crippen molar-refractivity contribution in [3.05, 3.63) is 87.4 Å². The maximum absolute atomic E-state index is 12.8. The van der Waals surface area contributed by atoms with Gasteiger partial charge in [-0.05, 0) is 42.0 Å². The van der Waals surface area contributed by atoms with Gasteiger partial charge >= 0.3 is 0 Å². The van der Waals surface area contributed by atoms with Crippen LogP contribution in [-0.4, -0.2) is 44.7 Å². The number of hydrogen-bond donors (Lipinski definition) is 2. The molecule has 0 spiro atoms. The zero-order valence-corrected chi connectivity index (χ0v) is 19.6. The summed E-state index contributed by atoms with van der Waals surface area (Å²) in [5.74, 6) is 1.40. The van der Waals surface area contributed by atoms with Gasteiger partial charge in [-0.2, -0.15) is 4.98 Å². The van der Waals surface area contributed by atoms with Crippen LogP contribution in [0.15, 0.2) is 64.8 Å². The Bertz CT molecular complexity index is 1550. The van der Waals surface area contributed by atoms with Crippen molar-refractivity contribution in [2.75, 3.05) is 19.5 Å². The topological polar surface area (TPSA) is 124 Å². The molecule has 0 aliphatic rings. The molecular weight excluding hydrogens is 468 g/mol. The van der Waals surface area contributed by atoms with Crippen LogP contribution in [0.2, 0.25) is 0 Å². The van der Waals surface area contributed by atoms with Gasteiger partial charge in [0.05, 0.1) is 19.9 Å². The summed E-state index contributed by atoms with van der Waals surface area (Å²) in [6.45, 7) is 0. The molecule has 0 atom stereocenters. The van der Waals surface area contributed by atoms with Gasteiger partial charge in [0.15, 0.2) is 0 Å². The maximum atomic E-state index is 12.8. The van der Waals surface area contributed by atoms with Gasteiger partial charge in [-0.3, -0.25) is 14.9 Å². The summed E-state index contributed by atoms with van der Waals surface area (Å²) in [4.78, 5) is 37.0. The molecule has 0 aliphatic carbocycles. The first kappa shape index (κ1) is 22.3. The number of ether oxygens (including phenoxy) is 2. The van der Waals surface area contributed by atoms with Crippen molar-refractivity contribution in [3.63, 3.8) is 0 Å². The lowest BCUT2D eigenvalue weighted by atomic mass is 10.1. The third kappa shape index (κ3) is 4.75. The highest BCUT2D eigenvalue weighted by Gasteiger charge is 2.16. The van der Waals surface area contributed by atoms with Gasteiger partial charge in [-0.1, -0.05) is 12.1 Å². The minimum Gasteiger partial charge on any atom is -0.497 e. The molecule has 2 aromatic carbocycles. The predicted molar refractivity (Wildman–Crippen MR) is 131 cm³/mol. The minimum atomic E-state index is -0.573. The lowest BCUT2D eigenvalue weighted by molar-refractivity contribution is 0.102. The van der Waals surface area contributed by atoms with E-state index in [9.17, 15) is 9.59 Å². The van der Waals surface area contributed by atoms with Crippen LogP contribution in [0.1, 0.15) is 21.9 Å². The second-order valence-corrected chi connectivity index (χ2v) is 8.37. The zero-order chi connectivity index (χ0) is 24.4. The van der Waals surface area contributed by atoms with E-state index in [2.05, 4.69) is 25.4 Å². The molecule has 3 heterocycles. The third-order valence-corrected chi connectivity index (χ3v) is 6.06. The van der Waals surface area contributed by atoms with Gasteiger partial charge < -0.3 is 14.5 Å². The van der Waals surface area contributed by atoms with Crippen LogP contribution >= 0.6 is 11.3 Å². The Labute approximate surface area is 203 Å². The molecule has 0 unspecified atom stereocenters. The van der Waals surface area contributed by atoms with Crippen molar-refractivity contribution in [1.29, 1.82) is 0 Å². The van der Waals surface area contributed by atoms with Crippen LogP contribution in [0.5, 0.6) is 11.5 Å². The van der Waals surface area contributed by atoms with Crippen LogP contribution < -0.4 is 20.3 Å². The molecule has 176 valence electrons. The minimum absolute atomic E-state index is 0.0224. The number of fused-ring (bicyclic) bond motifs is 1. The first-order valence-corrected chi connectivity index (χ1v) is 11.4. The molecule has 3 aromatic heterocycles. The number of H-pyrrole nitrogens is 1. The number of nitrogens with one attached hydrogen (secondary N) is 2. The average Bonchev–Trinajstić information content (AvgIpc) is 3.44. The van der Waals surface area contributed by atoms with Crippen molar-refractivity contribution >= 4 is 28.2 Å². The molecule has 5 rings (SSSR count). The summed E-state index contributed by atoms with van der Waals surface area (Å²) in [6, 6.07) is 16.1. The molecule has 1 amide bonds. The molecule has 10 nitrogen and oxygen atoms in total. The Morgan fingerprint density at radius 1 is 1.03 bits per heavy atom. The highest BCUT2D eigenvalue weighted by Crippen LogP contribution is 2.27. The fraction of sp³-hybridized carbons (Fsp3) is 0.125. The average molecular weight is 489 g/mol. The number of methoxy groups -OCH3 is 2. The molecule has 5 aromatic rings. The number of aromatic nitrogens is 5. The molecule has 0 saturated carbocycles. The third-order valence-electron chi connectivity index (χ3n) is 5.25. The van der Waals surface area contributed by atoms with Gasteiger partial charge in [0.1, 0.15) is 23.0 Å². The fourth-order valence-electron chi connectivity index (χ4n) is 3.50. The molecule has 0 saturated heterocycles. The summed E-state index contributed by atoms with van der Waals surface area (Å²) in [5, 5.41) is 8.99. The Hall–Kier alpha value is -4.51. The molecular formula is C24H20N6O4S. The van der Waals surface area contributed by atoms with Gasteiger partial charge in [-0.15, -0.1) is 16.4 Å². The van der Waals surface area contributed by atoms with Crippen LogP contribution in [0.4, 0.5) is 5.95 Å². The van der Waals surface area contributed by atoms with Crippen molar-refractivity contribution < 1.29 is 14.3 Å². The summed E-state index contributed by atoms with van der Waals surface area (Å²) in [7, 11) is 3.20. The van der Waals surface area contributed by atoms with Crippen LogP contribution in [-0.2, 0) is 6.42 Å². The Morgan fingerprint density at radius 2 is 1.71 bits per heavy atom. The van der Waals surface area contributed by atoms with E-state index in [-0.39, 0.29) is 11.6 Å². The highest BCUT2D eigenvalue weighted by molar-refractivity contribution is 7.15. The highest BCUT2D eigenvalue weighted by atomic mass is 32.1. The quantitative estimate of drug-likeness (QED) is 0.360. The summed E-state index contributed by atoms with van der Waals surface area (Å²) < 4.78 is 12.0. The van der Waals surface area contributed by atoms with Gasteiger partial charge in [0.2, 0.25) is 4.96 Å². The van der Waals surface area contributed by atoms with E-state index < -0.39 is 11.5 Å². The fourth-order valence-corrected chi connectivity index (χ4v) is 4.34. The summed E-state index contributed by atoms with van der Waals surface area (Å²) in [6.07, 6.45) is 0.351. The summed E-state index contributed by atoms with van der Waals surface area (Å²) in [5.41, 5.74) is 2.23. The smallest absolute Gasteiger partial charge is 0.276 e. The molecule has 11 heteroatoms. The molecule has 0 fully saturated rings. The van der Waals surface area contributed by atoms with E-state index in [0.717, 1.165) is 34.4 Å². The first-order chi connectivity index (χ1) is 17.0.